The number of carboxylic acid groups (broad SMARTS) is 2. The molecule has 0 spiro atoms. The zero-order valence-corrected chi connectivity index (χ0v) is 18.8. The third-order valence-electron chi connectivity index (χ3n) is 3.26. The van der Waals surface area contributed by atoms with Crippen molar-refractivity contribution in [2.24, 2.45) is 21.7 Å². The molecule has 25 heavy (non-hydrogen) atoms. The van der Waals surface area contributed by atoms with Crippen molar-refractivity contribution in [3.05, 3.63) is 0 Å². The van der Waals surface area contributed by atoms with E-state index in [9.17, 15) is 19.8 Å². The molecule has 0 fully saturated rings. The minimum absolute atomic E-state index is 0. The van der Waals surface area contributed by atoms with Gasteiger partial charge in [-0.25, -0.2) is 0 Å². The van der Waals surface area contributed by atoms with Crippen LogP contribution in [0.3, 0.4) is 0 Å². The van der Waals surface area contributed by atoms with Crippen molar-refractivity contribution in [3.63, 3.8) is 0 Å². The Labute approximate surface area is 165 Å². The summed E-state index contributed by atoms with van der Waals surface area (Å²) < 4.78 is 0. The Morgan fingerprint density at radius 2 is 0.800 bits per heavy atom. The molecule has 0 aromatic rings. The Bertz CT molecular complexity index is 372. The Morgan fingerprint density at radius 1 is 0.600 bits per heavy atom. The van der Waals surface area contributed by atoms with Crippen LogP contribution < -0.4 is 10.2 Å². The molecular weight excluding hydrogens is 363 g/mol. The number of rotatable bonds is 6. The van der Waals surface area contributed by atoms with E-state index < -0.39 is 11.9 Å². The van der Waals surface area contributed by atoms with E-state index in [1.807, 2.05) is 27.7 Å². The van der Waals surface area contributed by atoms with Gasteiger partial charge in [-0.15, -0.1) is 0 Å². The summed E-state index contributed by atoms with van der Waals surface area (Å²) >= 11 is 0. The maximum absolute atomic E-state index is 10.4. The molecule has 0 aromatic heterocycles. The number of carbonyl (C=O) groups is 2. The molecule has 0 aliphatic heterocycles. The molecule has 0 aliphatic carbocycles. The number of hydrogen-bond donors (Lipinski definition) is 0. The van der Waals surface area contributed by atoms with Crippen molar-refractivity contribution < 1.29 is 36.6 Å². The zero-order valence-electron chi connectivity index (χ0n) is 17.8. The average Bonchev–Trinajstić information content (AvgIpc) is 2.02. The molecule has 0 saturated heterocycles. The van der Waals surface area contributed by atoms with Gasteiger partial charge in [-0.2, -0.15) is 0 Å². The summed E-state index contributed by atoms with van der Waals surface area (Å²) in [5.74, 6) is -1.91. The van der Waals surface area contributed by atoms with E-state index in [-0.39, 0.29) is 51.3 Å². The van der Waals surface area contributed by atoms with Gasteiger partial charge in [-0.05, 0) is 47.3 Å². The van der Waals surface area contributed by atoms with Crippen LogP contribution in [0.1, 0.15) is 94.9 Å². The average molecular weight is 401 g/mol. The minimum Gasteiger partial charge on any atom is -0.550 e. The quantitative estimate of drug-likeness (QED) is 0.685. The van der Waals surface area contributed by atoms with Crippen LogP contribution in [0.15, 0.2) is 0 Å². The SMILES string of the molecule is CC(C)(C)CC(C)(C)CC(=O)[O-].CC(C)(C)CC(C)(C)CC(=O)[O-].[Co+2]. The van der Waals surface area contributed by atoms with Crippen LogP contribution in [-0.4, -0.2) is 11.9 Å². The molecular formula is C20H38CoO4. The number of carboxylic acids is 2. The van der Waals surface area contributed by atoms with Gasteiger partial charge in [0.1, 0.15) is 0 Å². The molecule has 0 saturated carbocycles. The van der Waals surface area contributed by atoms with Gasteiger partial charge in [0.25, 0.3) is 0 Å². The molecule has 0 atom stereocenters. The van der Waals surface area contributed by atoms with Crippen LogP contribution >= 0.6 is 0 Å². The molecule has 0 heterocycles. The van der Waals surface area contributed by atoms with E-state index in [0.29, 0.717) is 0 Å². The molecule has 0 aliphatic rings. The second-order valence-electron chi connectivity index (χ2n) is 10.9. The van der Waals surface area contributed by atoms with Crippen molar-refractivity contribution in [1.29, 1.82) is 0 Å². The van der Waals surface area contributed by atoms with Gasteiger partial charge in [-0.1, -0.05) is 69.2 Å². The summed E-state index contributed by atoms with van der Waals surface area (Å²) in [6.07, 6.45) is 2.08. The van der Waals surface area contributed by atoms with Gasteiger partial charge in [-0.3, -0.25) is 0 Å². The Balaban J connectivity index is -0.000000372. The zero-order chi connectivity index (χ0) is 20.0. The molecule has 5 heteroatoms. The van der Waals surface area contributed by atoms with Gasteiger partial charge < -0.3 is 19.8 Å². The molecule has 0 aromatic carbocycles. The first-order valence-electron chi connectivity index (χ1n) is 8.64. The predicted octanol–water partition coefficient (Wildman–Crippen LogP) is 3.18. The molecule has 0 unspecified atom stereocenters. The molecule has 0 N–H and O–H groups in total. The van der Waals surface area contributed by atoms with Gasteiger partial charge in [0.05, 0.1) is 0 Å². The van der Waals surface area contributed by atoms with Crippen LogP contribution in [0.5, 0.6) is 0 Å². The molecule has 0 bridgehead atoms. The Kier molecular flexibility index (Phi) is 12.3. The molecule has 151 valence electrons. The van der Waals surface area contributed by atoms with Crippen molar-refractivity contribution in [1.82, 2.24) is 0 Å². The topological polar surface area (TPSA) is 80.3 Å². The molecule has 4 nitrogen and oxygen atoms in total. The van der Waals surface area contributed by atoms with Crippen molar-refractivity contribution >= 4 is 11.9 Å². The maximum atomic E-state index is 10.4. The Morgan fingerprint density at radius 3 is 0.920 bits per heavy atom. The number of carbonyl (C=O) groups excluding carboxylic acids is 2. The molecule has 1 radical (unpaired) electrons. The van der Waals surface area contributed by atoms with Gasteiger partial charge in [0, 0.05) is 11.9 Å². The second kappa shape index (κ2) is 10.6. The van der Waals surface area contributed by atoms with Crippen molar-refractivity contribution in [2.75, 3.05) is 0 Å². The third kappa shape index (κ3) is 23.4. The fourth-order valence-electron chi connectivity index (χ4n) is 3.78. The van der Waals surface area contributed by atoms with E-state index >= 15 is 0 Å². The van der Waals surface area contributed by atoms with Crippen LogP contribution in [0.4, 0.5) is 0 Å². The van der Waals surface area contributed by atoms with Crippen molar-refractivity contribution in [2.45, 2.75) is 94.9 Å². The number of hydrogen-bond acceptors (Lipinski definition) is 4. The summed E-state index contributed by atoms with van der Waals surface area (Å²) in [5.41, 5.74) is 0.0477. The monoisotopic (exact) mass is 401 g/mol. The summed E-state index contributed by atoms with van der Waals surface area (Å²) in [4.78, 5) is 20.8. The standard InChI is InChI=1S/2C10H20O2.Co/c2*1-9(2,3)7-10(4,5)6-8(11)12;/h2*6-7H2,1-5H3,(H,11,12);/q;;+2/p-2. The maximum Gasteiger partial charge on any atom is 2.00 e. The normalized spacial score (nSPS) is 12.6. The van der Waals surface area contributed by atoms with E-state index in [4.69, 9.17) is 0 Å². The molecule has 0 rings (SSSR count). The predicted molar refractivity (Wildman–Crippen MR) is 95.0 cm³/mol. The van der Waals surface area contributed by atoms with E-state index in [1.165, 1.54) is 0 Å². The first-order valence-corrected chi connectivity index (χ1v) is 8.64. The first kappa shape index (κ1) is 29.2. The van der Waals surface area contributed by atoms with Crippen LogP contribution in [0, 0.1) is 21.7 Å². The van der Waals surface area contributed by atoms with E-state index in [2.05, 4.69) is 41.5 Å². The summed E-state index contributed by atoms with van der Waals surface area (Å²) in [6.45, 7) is 20.6. The van der Waals surface area contributed by atoms with Gasteiger partial charge >= 0.3 is 16.8 Å². The van der Waals surface area contributed by atoms with Crippen LogP contribution in [-0.2, 0) is 26.4 Å². The third-order valence-corrected chi connectivity index (χ3v) is 3.26. The largest absolute Gasteiger partial charge is 2.00 e. The molecule has 0 amide bonds. The number of aliphatic carboxylic acids is 2. The smallest absolute Gasteiger partial charge is 0.550 e. The van der Waals surface area contributed by atoms with Crippen LogP contribution in [0.2, 0.25) is 0 Å². The summed E-state index contributed by atoms with van der Waals surface area (Å²) in [6, 6.07) is 0. The fraction of sp³-hybridized carbons (Fsp3) is 0.900. The van der Waals surface area contributed by atoms with E-state index in [1.54, 1.807) is 0 Å². The first-order chi connectivity index (χ1) is 10.2. The Hall–Kier alpha value is -0.554. The van der Waals surface area contributed by atoms with Crippen molar-refractivity contribution in [3.8, 4) is 0 Å². The summed E-state index contributed by atoms with van der Waals surface area (Å²) in [7, 11) is 0. The second-order valence-corrected chi connectivity index (χ2v) is 10.9. The van der Waals surface area contributed by atoms with Gasteiger partial charge in [0.15, 0.2) is 0 Å². The van der Waals surface area contributed by atoms with E-state index in [0.717, 1.165) is 12.8 Å². The van der Waals surface area contributed by atoms with Gasteiger partial charge in [0.2, 0.25) is 0 Å². The van der Waals surface area contributed by atoms with Crippen LogP contribution in [0.25, 0.3) is 0 Å². The minimum atomic E-state index is -0.954. The fourth-order valence-corrected chi connectivity index (χ4v) is 3.78. The summed E-state index contributed by atoms with van der Waals surface area (Å²) in [5, 5.41) is 20.8.